The third-order valence-corrected chi connectivity index (χ3v) is 13.6. The average molecular weight is 801 g/mol. The van der Waals surface area contributed by atoms with Gasteiger partial charge in [0, 0.05) is 57.5 Å². The van der Waals surface area contributed by atoms with Crippen molar-refractivity contribution in [2.24, 2.45) is 5.92 Å². The number of fused-ring (bicyclic) bond motifs is 4. The van der Waals surface area contributed by atoms with Crippen molar-refractivity contribution in [1.82, 2.24) is 19.9 Å². The highest BCUT2D eigenvalue weighted by Gasteiger charge is 2.43. The van der Waals surface area contributed by atoms with Gasteiger partial charge in [-0.2, -0.15) is 24.0 Å². The minimum absolute atomic E-state index is 0.0293. The van der Waals surface area contributed by atoms with Gasteiger partial charge in [0.25, 0.3) is 6.08 Å². The molecule has 2 aliphatic carbocycles. The van der Waals surface area contributed by atoms with Crippen LogP contribution in [-0.2, 0) is 6.42 Å². The van der Waals surface area contributed by atoms with Gasteiger partial charge in [0.15, 0.2) is 11.6 Å². The summed E-state index contributed by atoms with van der Waals surface area (Å²) in [6.07, 6.45) is 8.85. The normalized spacial score (nSPS) is 22.7. The molecule has 3 aliphatic heterocycles. The van der Waals surface area contributed by atoms with Gasteiger partial charge in [0.2, 0.25) is 0 Å². The van der Waals surface area contributed by atoms with Gasteiger partial charge < -0.3 is 25.8 Å². The molecule has 10 nitrogen and oxygen atoms in total. The van der Waals surface area contributed by atoms with Gasteiger partial charge in [0.05, 0.1) is 35.7 Å². The Labute approximate surface area is 330 Å². The van der Waals surface area contributed by atoms with Crippen LogP contribution in [-0.4, -0.2) is 58.7 Å². The van der Waals surface area contributed by atoms with E-state index in [0.29, 0.717) is 69.9 Å². The van der Waals surface area contributed by atoms with Crippen molar-refractivity contribution in [2.45, 2.75) is 75.9 Å². The Bertz CT molecular complexity index is 2450. The van der Waals surface area contributed by atoms with Crippen LogP contribution in [0.15, 0.2) is 42.1 Å². The maximum absolute atomic E-state index is 17.2. The molecule has 15 heteroatoms. The summed E-state index contributed by atoms with van der Waals surface area (Å²) in [6.45, 7) is 1.93. The van der Waals surface area contributed by atoms with Gasteiger partial charge in [-0.25, -0.2) is 9.37 Å². The number of benzene rings is 2. The van der Waals surface area contributed by atoms with Crippen LogP contribution < -0.4 is 25.8 Å². The number of nitrogen functional groups attached to an aromatic ring is 2. The summed E-state index contributed by atoms with van der Waals surface area (Å²) in [5, 5.41) is 11.4. The Morgan fingerprint density at radius 3 is 2.73 bits per heavy atom. The molecule has 290 valence electrons. The summed E-state index contributed by atoms with van der Waals surface area (Å²) in [5.74, 6) is 0.836. The number of aryl methyl sites for hydroxylation is 1. The third-order valence-electron chi connectivity index (χ3n) is 12.3. The van der Waals surface area contributed by atoms with Crippen molar-refractivity contribution in [3.8, 4) is 29.0 Å². The van der Waals surface area contributed by atoms with Crippen molar-refractivity contribution in [1.29, 1.82) is 5.26 Å². The molecule has 0 spiro atoms. The lowest BCUT2D eigenvalue weighted by atomic mass is 9.85. The van der Waals surface area contributed by atoms with Crippen molar-refractivity contribution in [3.63, 3.8) is 0 Å². The van der Waals surface area contributed by atoms with E-state index in [-0.39, 0.29) is 45.7 Å². The monoisotopic (exact) mass is 800 g/mol. The highest BCUT2D eigenvalue weighted by atomic mass is 35.5. The Hall–Kier alpha value is -4.84. The number of methoxy groups -OCH3 is 1. The number of hydrogen-bond acceptors (Lipinski definition) is 11. The number of thiophene rings is 1. The number of anilines is 3. The molecule has 0 bridgehead atoms. The number of rotatable bonds is 3. The molecule has 4 unspecified atom stereocenters. The molecule has 4 atom stereocenters. The predicted octanol–water partition coefficient (Wildman–Crippen LogP) is 9.19. The fourth-order valence-corrected chi connectivity index (χ4v) is 11.1. The number of nitrogens with two attached hydrogens (primary N) is 2. The van der Waals surface area contributed by atoms with Crippen LogP contribution in [0, 0.1) is 23.1 Å². The standard InChI is InChI=1S/C33H29ClFN7O2S.C8H11F2N/c1-43-33-40-28-25-29(26(34)24(27(28)35)17-7-4-10-21-23(17)18(13-36)31(38)45-21)44-14-16-6-3-8-19(16)42(32(25)41-33)20-9-2-5-15-11-12-39-30(37)22(15)20;9-8(10)6-4-7-2-1-3-11(7)5-6/h4,7,10-12,16,19-20H,2-3,5-6,8-9,14,38H2,1H3,(H2,37,39);7H,1-5H2. The van der Waals surface area contributed by atoms with Crippen LogP contribution in [0.5, 0.6) is 11.8 Å². The fraction of sp³-hybridized carbons (Fsp3) is 0.415. The Balaban J connectivity index is 0.000000320. The van der Waals surface area contributed by atoms with Crippen LogP contribution in [0.25, 0.3) is 32.1 Å². The summed E-state index contributed by atoms with van der Waals surface area (Å²) in [7, 11) is 1.47. The molecule has 3 aromatic heterocycles. The third kappa shape index (κ3) is 5.97. The highest BCUT2D eigenvalue weighted by Crippen LogP contribution is 2.54. The molecule has 3 fully saturated rings. The molecule has 2 aromatic carbocycles. The summed E-state index contributed by atoms with van der Waals surface area (Å²) in [5.41, 5.74) is 16.2. The van der Waals surface area contributed by atoms with E-state index in [1.807, 2.05) is 12.1 Å². The van der Waals surface area contributed by atoms with E-state index in [0.717, 1.165) is 61.8 Å². The molecule has 0 radical (unpaired) electrons. The van der Waals surface area contributed by atoms with Gasteiger partial charge in [-0.3, -0.25) is 4.90 Å². The molecule has 5 aliphatic rings. The number of nitriles is 1. The zero-order chi connectivity index (χ0) is 38.8. The van der Waals surface area contributed by atoms with Crippen LogP contribution in [0.2, 0.25) is 5.02 Å². The van der Waals surface area contributed by atoms with Crippen LogP contribution >= 0.6 is 22.9 Å². The summed E-state index contributed by atoms with van der Waals surface area (Å²) in [6, 6.07) is 10.0. The Morgan fingerprint density at radius 1 is 1.09 bits per heavy atom. The first-order valence-corrected chi connectivity index (χ1v) is 20.3. The fourth-order valence-electron chi connectivity index (χ4n) is 9.78. The number of halogens is 4. The number of hydrogen-bond donors (Lipinski definition) is 2. The van der Waals surface area contributed by atoms with Crippen molar-refractivity contribution in [2.75, 3.05) is 43.2 Å². The zero-order valence-corrected chi connectivity index (χ0v) is 32.3. The summed E-state index contributed by atoms with van der Waals surface area (Å²) >= 11 is 8.48. The number of ether oxygens (including phenoxy) is 2. The molecular formula is C41H40ClF3N8O2S. The van der Waals surface area contributed by atoms with Crippen LogP contribution in [0.1, 0.15) is 74.1 Å². The molecule has 10 rings (SSSR count). The topological polar surface area (TPSA) is 139 Å². The molecule has 5 aromatic rings. The smallest absolute Gasteiger partial charge is 0.318 e. The first-order chi connectivity index (χ1) is 27.2. The molecule has 56 heavy (non-hydrogen) atoms. The molecule has 0 amide bonds. The largest absolute Gasteiger partial charge is 0.491 e. The lowest BCUT2D eigenvalue weighted by molar-refractivity contribution is 0.228. The maximum Gasteiger partial charge on any atom is 0.318 e. The summed E-state index contributed by atoms with van der Waals surface area (Å²) < 4.78 is 54.3. The second-order valence-corrected chi connectivity index (χ2v) is 16.7. The van der Waals surface area contributed by atoms with Crippen LogP contribution in [0.4, 0.5) is 29.8 Å². The van der Waals surface area contributed by atoms with E-state index in [4.69, 9.17) is 37.5 Å². The molecule has 2 saturated heterocycles. The van der Waals surface area contributed by atoms with Gasteiger partial charge in [-0.15, -0.1) is 11.3 Å². The van der Waals surface area contributed by atoms with E-state index < -0.39 is 11.9 Å². The molecule has 6 heterocycles. The minimum atomic E-state index is -1.44. The second kappa shape index (κ2) is 14.6. The lowest BCUT2D eigenvalue weighted by Gasteiger charge is -2.44. The maximum atomic E-state index is 17.2. The first kappa shape index (κ1) is 36.8. The van der Waals surface area contributed by atoms with Crippen molar-refractivity contribution < 1.29 is 22.6 Å². The highest BCUT2D eigenvalue weighted by molar-refractivity contribution is 7.23. The van der Waals surface area contributed by atoms with E-state index >= 15 is 4.39 Å². The van der Waals surface area contributed by atoms with Crippen molar-refractivity contribution in [3.05, 3.63) is 69.6 Å². The average Bonchev–Trinajstić information content (AvgIpc) is 3.99. The van der Waals surface area contributed by atoms with Gasteiger partial charge >= 0.3 is 6.01 Å². The second-order valence-electron chi connectivity index (χ2n) is 15.2. The Morgan fingerprint density at radius 2 is 1.95 bits per heavy atom. The minimum Gasteiger partial charge on any atom is -0.491 e. The number of nitrogens with zero attached hydrogens (tertiary/aromatic N) is 6. The van der Waals surface area contributed by atoms with Crippen molar-refractivity contribution >= 4 is 60.6 Å². The Kier molecular flexibility index (Phi) is 9.58. The van der Waals surface area contributed by atoms with Crippen LogP contribution in [0.3, 0.4) is 0 Å². The van der Waals surface area contributed by atoms with Gasteiger partial charge in [0.1, 0.15) is 28.2 Å². The molecular weight excluding hydrogens is 761 g/mol. The summed E-state index contributed by atoms with van der Waals surface area (Å²) in [4.78, 5) is 18.4. The quantitative estimate of drug-likeness (QED) is 0.182. The van der Waals surface area contributed by atoms with Gasteiger partial charge in [-0.05, 0) is 81.2 Å². The predicted molar refractivity (Wildman–Crippen MR) is 213 cm³/mol. The van der Waals surface area contributed by atoms with E-state index in [1.54, 1.807) is 18.3 Å². The zero-order valence-electron chi connectivity index (χ0n) is 30.8. The van der Waals surface area contributed by atoms with E-state index in [1.165, 1.54) is 30.4 Å². The lowest BCUT2D eigenvalue weighted by Crippen LogP contribution is -2.45. The first-order valence-electron chi connectivity index (χ1n) is 19.1. The van der Waals surface area contributed by atoms with E-state index in [9.17, 15) is 14.0 Å². The van der Waals surface area contributed by atoms with E-state index in [2.05, 4.69) is 25.8 Å². The number of aromatic nitrogens is 3. The SMILES string of the molecule is COc1nc2c3c(c(Cl)c(-c4cccc5sc(N)c(C#N)c45)c(F)c3n1)OCC1CCCC1N2C1CCCc2ccnc(N)c21.FC(F)=C1CC2CCCN2C1. The molecule has 4 N–H and O–H groups in total. The number of pyridine rings is 1. The molecule has 1 saturated carbocycles. The van der Waals surface area contributed by atoms with Gasteiger partial charge in [-0.1, -0.05) is 30.2 Å².